The topological polar surface area (TPSA) is 15.3 Å². The van der Waals surface area contributed by atoms with Crippen LogP contribution in [0.2, 0.25) is 4.34 Å². The van der Waals surface area contributed by atoms with Crippen molar-refractivity contribution in [3.8, 4) is 0 Å². The van der Waals surface area contributed by atoms with E-state index in [0.717, 1.165) is 24.0 Å². The number of halogens is 1. The van der Waals surface area contributed by atoms with Crippen molar-refractivity contribution in [2.24, 2.45) is 0 Å². The van der Waals surface area contributed by atoms with Crippen LogP contribution in [0.3, 0.4) is 0 Å². The minimum atomic E-state index is 0.215. The van der Waals surface area contributed by atoms with Crippen molar-refractivity contribution in [2.45, 2.75) is 45.3 Å². The van der Waals surface area contributed by atoms with Gasteiger partial charge in [-0.15, -0.1) is 11.3 Å². The lowest BCUT2D eigenvalue weighted by Crippen LogP contribution is -2.60. The number of hydrogen-bond donors (Lipinski definition) is 1. The Hall–Kier alpha value is -0.0900. The van der Waals surface area contributed by atoms with Gasteiger partial charge in [-0.1, -0.05) is 18.5 Å². The molecule has 17 heavy (non-hydrogen) atoms. The second-order valence-corrected chi connectivity index (χ2v) is 7.24. The van der Waals surface area contributed by atoms with E-state index in [-0.39, 0.29) is 5.54 Å². The summed E-state index contributed by atoms with van der Waals surface area (Å²) in [5.41, 5.74) is 0.215. The summed E-state index contributed by atoms with van der Waals surface area (Å²) in [6.45, 7) is 10.0. The fourth-order valence-electron chi connectivity index (χ4n) is 2.44. The van der Waals surface area contributed by atoms with E-state index in [2.05, 4.69) is 37.1 Å². The third kappa shape index (κ3) is 3.44. The molecule has 1 atom stereocenters. The lowest BCUT2D eigenvalue weighted by molar-refractivity contribution is 0.0868. The molecule has 1 N–H and O–H groups in total. The lowest BCUT2D eigenvalue weighted by Gasteiger charge is -2.44. The van der Waals surface area contributed by atoms with Crippen LogP contribution in [-0.2, 0) is 6.54 Å². The summed E-state index contributed by atoms with van der Waals surface area (Å²) in [6, 6.07) is 4.79. The van der Waals surface area contributed by atoms with Crippen LogP contribution in [0.15, 0.2) is 12.1 Å². The highest BCUT2D eigenvalue weighted by molar-refractivity contribution is 7.16. The summed E-state index contributed by atoms with van der Waals surface area (Å²) in [7, 11) is 0. The SMILES string of the molecule is CCC1CNC(C)(C)CN1Cc1ccc(Cl)s1. The quantitative estimate of drug-likeness (QED) is 0.908. The molecule has 4 heteroatoms. The number of thiophene rings is 1. The van der Waals surface area contributed by atoms with Gasteiger partial charge in [-0.2, -0.15) is 0 Å². The maximum atomic E-state index is 5.99. The summed E-state index contributed by atoms with van der Waals surface area (Å²) in [5, 5.41) is 3.62. The number of piperazine rings is 1. The van der Waals surface area contributed by atoms with Crippen LogP contribution in [-0.4, -0.2) is 29.6 Å². The van der Waals surface area contributed by atoms with Gasteiger partial charge in [0.15, 0.2) is 0 Å². The first kappa shape index (κ1) is 13.3. The fraction of sp³-hybridized carbons (Fsp3) is 0.692. The van der Waals surface area contributed by atoms with E-state index in [9.17, 15) is 0 Å². The normalized spacial score (nSPS) is 25.1. The molecule has 2 heterocycles. The summed E-state index contributed by atoms with van der Waals surface area (Å²) >= 11 is 7.69. The molecular weight excluding hydrogens is 252 g/mol. The van der Waals surface area contributed by atoms with Gasteiger partial charge in [0, 0.05) is 36.1 Å². The second kappa shape index (κ2) is 5.27. The number of nitrogens with one attached hydrogen (secondary N) is 1. The highest BCUT2D eigenvalue weighted by Gasteiger charge is 2.31. The van der Waals surface area contributed by atoms with Crippen molar-refractivity contribution in [1.82, 2.24) is 10.2 Å². The second-order valence-electron chi connectivity index (χ2n) is 5.44. The highest BCUT2D eigenvalue weighted by atomic mass is 35.5. The Bertz CT molecular complexity index is 375. The van der Waals surface area contributed by atoms with Crippen LogP contribution < -0.4 is 5.32 Å². The number of nitrogens with zero attached hydrogens (tertiary/aromatic N) is 1. The largest absolute Gasteiger partial charge is 0.309 e. The number of rotatable bonds is 3. The Kier molecular flexibility index (Phi) is 4.14. The number of hydrogen-bond acceptors (Lipinski definition) is 3. The molecule has 1 aliphatic rings. The Labute approximate surface area is 113 Å². The van der Waals surface area contributed by atoms with Gasteiger partial charge in [-0.3, -0.25) is 4.90 Å². The van der Waals surface area contributed by atoms with Gasteiger partial charge in [0.25, 0.3) is 0 Å². The van der Waals surface area contributed by atoms with Gasteiger partial charge in [0.05, 0.1) is 4.34 Å². The van der Waals surface area contributed by atoms with Crippen LogP contribution in [0.5, 0.6) is 0 Å². The van der Waals surface area contributed by atoms with Crippen LogP contribution >= 0.6 is 22.9 Å². The van der Waals surface area contributed by atoms with E-state index < -0.39 is 0 Å². The first-order valence-electron chi connectivity index (χ1n) is 6.23. The van der Waals surface area contributed by atoms with Crippen LogP contribution in [0, 0.1) is 0 Å². The molecule has 0 saturated carbocycles. The zero-order valence-corrected chi connectivity index (χ0v) is 12.4. The van der Waals surface area contributed by atoms with Gasteiger partial charge in [-0.25, -0.2) is 0 Å². The van der Waals surface area contributed by atoms with Crippen molar-refractivity contribution in [3.63, 3.8) is 0 Å². The molecule has 0 amide bonds. The molecule has 1 aliphatic heterocycles. The fourth-order valence-corrected chi connectivity index (χ4v) is 3.55. The molecule has 0 spiro atoms. The van der Waals surface area contributed by atoms with Crippen molar-refractivity contribution in [1.29, 1.82) is 0 Å². The Balaban J connectivity index is 2.05. The van der Waals surface area contributed by atoms with Crippen molar-refractivity contribution < 1.29 is 0 Å². The molecule has 1 unspecified atom stereocenters. The molecule has 96 valence electrons. The van der Waals surface area contributed by atoms with E-state index >= 15 is 0 Å². The van der Waals surface area contributed by atoms with Crippen molar-refractivity contribution in [2.75, 3.05) is 13.1 Å². The monoisotopic (exact) mass is 272 g/mol. The van der Waals surface area contributed by atoms with Crippen LogP contribution in [0.25, 0.3) is 0 Å². The molecular formula is C13H21ClN2S. The molecule has 0 radical (unpaired) electrons. The minimum absolute atomic E-state index is 0.215. The Morgan fingerprint density at radius 2 is 2.29 bits per heavy atom. The van der Waals surface area contributed by atoms with E-state index in [4.69, 9.17) is 11.6 Å². The van der Waals surface area contributed by atoms with Gasteiger partial charge >= 0.3 is 0 Å². The summed E-state index contributed by atoms with van der Waals surface area (Å²) in [6.07, 6.45) is 1.20. The van der Waals surface area contributed by atoms with E-state index in [1.807, 2.05) is 6.07 Å². The smallest absolute Gasteiger partial charge is 0.0931 e. The van der Waals surface area contributed by atoms with Crippen LogP contribution in [0.4, 0.5) is 0 Å². The van der Waals surface area contributed by atoms with Gasteiger partial charge in [0.1, 0.15) is 0 Å². The molecule has 1 aromatic rings. The third-order valence-electron chi connectivity index (χ3n) is 3.39. The van der Waals surface area contributed by atoms with E-state index in [1.165, 1.54) is 11.3 Å². The van der Waals surface area contributed by atoms with Crippen LogP contribution in [0.1, 0.15) is 32.1 Å². The molecule has 2 nitrogen and oxygen atoms in total. The average molecular weight is 273 g/mol. The predicted octanol–water partition coefficient (Wildman–Crippen LogP) is 3.36. The van der Waals surface area contributed by atoms with E-state index in [0.29, 0.717) is 6.04 Å². The minimum Gasteiger partial charge on any atom is -0.309 e. The maximum absolute atomic E-state index is 5.99. The first-order chi connectivity index (χ1) is 8.00. The Morgan fingerprint density at radius 3 is 2.88 bits per heavy atom. The molecule has 0 aliphatic carbocycles. The van der Waals surface area contributed by atoms with Gasteiger partial charge in [0.2, 0.25) is 0 Å². The van der Waals surface area contributed by atoms with E-state index in [1.54, 1.807) is 11.3 Å². The summed E-state index contributed by atoms with van der Waals surface area (Å²) in [5.74, 6) is 0. The third-order valence-corrected chi connectivity index (χ3v) is 4.61. The predicted molar refractivity (Wildman–Crippen MR) is 75.9 cm³/mol. The maximum Gasteiger partial charge on any atom is 0.0931 e. The zero-order valence-electron chi connectivity index (χ0n) is 10.8. The molecule has 2 rings (SSSR count). The lowest BCUT2D eigenvalue weighted by atomic mass is 9.97. The zero-order chi connectivity index (χ0) is 12.5. The van der Waals surface area contributed by atoms with Gasteiger partial charge in [-0.05, 0) is 32.4 Å². The molecule has 1 fully saturated rings. The Morgan fingerprint density at radius 1 is 1.53 bits per heavy atom. The summed E-state index contributed by atoms with van der Waals surface area (Å²) in [4.78, 5) is 3.95. The van der Waals surface area contributed by atoms with Crippen molar-refractivity contribution >= 4 is 22.9 Å². The standard InChI is InChI=1S/C13H21ClN2S/c1-4-10-7-15-13(2,3)9-16(10)8-11-5-6-12(14)17-11/h5-6,10,15H,4,7-9H2,1-3H3. The molecule has 1 saturated heterocycles. The highest BCUT2D eigenvalue weighted by Crippen LogP contribution is 2.26. The molecule has 0 aromatic carbocycles. The van der Waals surface area contributed by atoms with Gasteiger partial charge < -0.3 is 5.32 Å². The molecule has 0 bridgehead atoms. The summed E-state index contributed by atoms with van der Waals surface area (Å²) < 4.78 is 0.891. The van der Waals surface area contributed by atoms with Crippen molar-refractivity contribution in [3.05, 3.63) is 21.3 Å². The average Bonchev–Trinajstić information content (AvgIpc) is 2.63. The molecule has 1 aromatic heterocycles. The first-order valence-corrected chi connectivity index (χ1v) is 7.43.